The maximum Gasteiger partial charge on any atom is 0.159 e. The van der Waals surface area contributed by atoms with E-state index >= 15 is 0 Å². The molecule has 0 amide bonds. The zero-order chi connectivity index (χ0) is 81.0. The molecule has 0 saturated carbocycles. The molecule has 0 aliphatic carbocycles. The minimum Gasteiger partial charge on any atom is -0.455 e. The third-order valence-corrected chi connectivity index (χ3v) is 26.6. The molecule has 10 heteroatoms. The third kappa shape index (κ3) is 9.26. The van der Waals surface area contributed by atoms with Crippen molar-refractivity contribution in [1.82, 2.24) is 9.13 Å². The first-order chi connectivity index (χ1) is 61.3. The summed E-state index contributed by atoms with van der Waals surface area (Å²) in [5.41, 5.74) is 26.0. The number of aryl methyl sites for hydroxylation is 2. The van der Waals surface area contributed by atoms with Gasteiger partial charge in [0.25, 0.3) is 0 Å². The van der Waals surface area contributed by atoms with Crippen LogP contribution < -0.4 is 9.80 Å². The number of hydrogen-bond donors (Lipinski definition) is 0. The van der Waals surface area contributed by atoms with Crippen LogP contribution in [-0.2, 0) is 0 Å². The van der Waals surface area contributed by atoms with Crippen LogP contribution in [0.4, 0.5) is 34.1 Å². The summed E-state index contributed by atoms with van der Waals surface area (Å²) in [7, 11) is 0. The Balaban J connectivity index is 0.666. The number of benzene rings is 20. The average molecular weight is 1590 g/mol. The van der Waals surface area contributed by atoms with Crippen molar-refractivity contribution in [3.05, 3.63) is 375 Å². The van der Waals surface area contributed by atoms with Crippen LogP contribution in [0.3, 0.4) is 0 Å². The summed E-state index contributed by atoms with van der Waals surface area (Å²) < 4.78 is 48.0. The summed E-state index contributed by atoms with van der Waals surface area (Å²) in [6, 6.07) is 131. The van der Waals surface area contributed by atoms with Crippen LogP contribution in [0.5, 0.6) is 0 Å². The van der Waals surface area contributed by atoms with Crippen molar-refractivity contribution in [2.45, 2.75) is 13.8 Å². The molecule has 20 aromatic carbocycles. The van der Waals surface area contributed by atoms with Crippen LogP contribution in [0, 0.1) is 13.8 Å². The van der Waals surface area contributed by atoms with Gasteiger partial charge in [-0.05, 0) is 162 Å². The number of nitrogens with zero attached hydrogens (tertiary/aromatic N) is 4. The van der Waals surface area contributed by atoms with Gasteiger partial charge in [-0.2, -0.15) is 0 Å². The fraction of sp³-hybridized carbons (Fsp3) is 0.0175. The van der Waals surface area contributed by atoms with E-state index in [1.165, 1.54) is 0 Å². The first kappa shape index (κ1) is 67.3. The van der Waals surface area contributed by atoms with Crippen LogP contribution in [0.15, 0.2) is 390 Å². The summed E-state index contributed by atoms with van der Waals surface area (Å²) in [5, 5.41) is 25.2. The van der Waals surface area contributed by atoms with Gasteiger partial charge >= 0.3 is 0 Å². The van der Waals surface area contributed by atoms with Gasteiger partial charge in [0.15, 0.2) is 22.3 Å². The number of fused-ring (bicyclic) bond motifs is 28. The van der Waals surface area contributed by atoms with Gasteiger partial charge in [-0.1, -0.05) is 249 Å². The van der Waals surface area contributed by atoms with Gasteiger partial charge < -0.3 is 45.4 Å². The highest BCUT2D eigenvalue weighted by molar-refractivity contribution is 6.34. The number of rotatable bonds is 9. The van der Waals surface area contributed by atoms with Crippen molar-refractivity contribution in [3.8, 4) is 22.5 Å². The number of hydrogen-bond acceptors (Lipinski definition) is 8. The Morgan fingerprint density at radius 2 is 0.565 bits per heavy atom. The highest BCUT2D eigenvalue weighted by Gasteiger charge is 2.31. The topological polar surface area (TPSA) is 95.2 Å². The van der Waals surface area contributed by atoms with Crippen LogP contribution in [-0.4, -0.2) is 9.13 Å². The summed E-state index contributed by atoms with van der Waals surface area (Å²) in [6.45, 7) is 4.41. The minimum absolute atomic E-state index is 0.781. The molecule has 0 atom stereocenters. The maximum absolute atomic E-state index is 7.60. The van der Waals surface area contributed by atoms with E-state index in [9.17, 15) is 0 Å². The number of furan rings is 6. The van der Waals surface area contributed by atoms with Crippen molar-refractivity contribution in [1.29, 1.82) is 0 Å². The van der Waals surface area contributed by atoms with E-state index in [1.54, 1.807) is 0 Å². The third-order valence-electron chi connectivity index (χ3n) is 26.6. The highest BCUT2D eigenvalue weighted by atomic mass is 16.4. The van der Waals surface area contributed by atoms with Gasteiger partial charge in [0.1, 0.15) is 44.7 Å². The van der Waals surface area contributed by atoms with Crippen molar-refractivity contribution < 1.29 is 26.5 Å². The molecule has 124 heavy (non-hydrogen) atoms. The number of para-hydroxylation sites is 9. The Bertz CT molecular complexity index is 9610. The van der Waals surface area contributed by atoms with Gasteiger partial charge in [-0.3, -0.25) is 0 Å². The second kappa shape index (κ2) is 25.0. The molecule has 10 nitrogen and oxygen atoms in total. The van der Waals surface area contributed by atoms with E-state index in [0.717, 1.165) is 286 Å². The quantitative estimate of drug-likeness (QED) is 0.104. The summed E-state index contributed by atoms with van der Waals surface area (Å²) in [4.78, 5) is 4.79. The second-order valence-corrected chi connectivity index (χ2v) is 33.3. The van der Waals surface area contributed by atoms with Crippen LogP contribution in [0.2, 0.25) is 0 Å². The number of anilines is 6. The molecule has 8 heterocycles. The predicted molar refractivity (Wildman–Crippen MR) is 513 cm³/mol. The lowest BCUT2D eigenvalue weighted by Gasteiger charge is -2.28. The first-order valence-corrected chi connectivity index (χ1v) is 42.2. The van der Waals surface area contributed by atoms with Gasteiger partial charge in [0.2, 0.25) is 0 Å². The van der Waals surface area contributed by atoms with Crippen LogP contribution in [0.1, 0.15) is 11.1 Å². The molecule has 0 spiro atoms. The zero-order valence-electron chi connectivity index (χ0n) is 66.9. The Kier molecular flexibility index (Phi) is 13.6. The van der Waals surface area contributed by atoms with E-state index in [1.807, 2.05) is 18.2 Å². The van der Waals surface area contributed by atoms with Gasteiger partial charge in [-0.25, -0.2) is 0 Å². The molecule has 0 fully saturated rings. The van der Waals surface area contributed by atoms with Crippen molar-refractivity contribution >= 4 is 252 Å². The van der Waals surface area contributed by atoms with Crippen LogP contribution in [0.25, 0.3) is 241 Å². The fourth-order valence-corrected chi connectivity index (χ4v) is 21.3. The summed E-state index contributed by atoms with van der Waals surface area (Å²) in [6.07, 6.45) is 0. The van der Waals surface area contributed by atoms with E-state index < -0.39 is 0 Å². The molecule has 0 aliphatic heterocycles. The molecule has 0 aliphatic rings. The Hall–Kier alpha value is -16.6. The van der Waals surface area contributed by atoms with Gasteiger partial charge in [0.05, 0.1) is 56.2 Å². The normalized spacial score (nSPS) is 12.4. The van der Waals surface area contributed by atoms with Gasteiger partial charge in [0, 0.05) is 130 Å². The molecule has 0 saturated heterocycles. The molecule has 578 valence electrons. The highest BCUT2D eigenvalue weighted by Crippen LogP contribution is 2.55. The zero-order valence-corrected chi connectivity index (χ0v) is 66.9. The molecular weight excluding hydrogens is 1520 g/mol. The van der Waals surface area contributed by atoms with E-state index in [4.69, 9.17) is 26.5 Å². The molecule has 28 rings (SSSR count). The first-order valence-electron chi connectivity index (χ1n) is 42.2. The standard InChI is InChI=1S/C114H66N4O6/c1-63-24-17-25-66(56-63)115(93-44-20-37-80-72-29-8-13-48-101(72)119-111(80)93)97-59-87-88-60-98(71-28-4-6-34-79(71)108(88)123-107(87)78-33-5-3-27-70(78)97)116(94-45-21-38-81-73-30-9-14-49-102(73)120-112(81)94)67-53-54-68(64(2)57-67)65-52-55-92-86(58-65)77-36-19-42-85-106(77)100(118(92)96-47-23-40-83-75-32-11-16-51-104(75)122-114(83)96)62-90-89-61-99-105-76(35-18-41-84(105)109(89)124-110(85)90)69-26-7-12-43-91(69)117(99)95-46-22-39-82-74-31-10-15-50-103(74)121-113(82)95/h3-62H,1-2H3. The molecule has 0 unspecified atom stereocenters. The molecule has 0 bridgehead atoms. The monoisotopic (exact) mass is 1590 g/mol. The molecule has 28 aromatic rings. The van der Waals surface area contributed by atoms with Crippen LogP contribution >= 0.6 is 0 Å². The van der Waals surface area contributed by atoms with Crippen molar-refractivity contribution in [3.63, 3.8) is 0 Å². The summed E-state index contributed by atoms with van der Waals surface area (Å²) in [5.74, 6) is 0. The lowest BCUT2D eigenvalue weighted by atomic mass is 9.93. The average Bonchev–Trinajstić information content (AvgIpc) is 1.49. The predicted octanol–water partition coefficient (Wildman–Crippen LogP) is 33.1. The maximum atomic E-state index is 7.60. The van der Waals surface area contributed by atoms with Crippen molar-refractivity contribution in [2.75, 3.05) is 9.80 Å². The molecule has 8 aromatic heterocycles. The lowest BCUT2D eigenvalue weighted by molar-refractivity contribution is 0.666. The molecular formula is C114H66N4O6. The number of pyridine rings is 2. The Labute approximate surface area is 704 Å². The van der Waals surface area contributed by atoms with E-state index in [2.05, 4.69) is 379 Å². The molecule has 0 radical (unpaired) electrons. The van der Waals surface area contributed by atoms with E-state index in [0.29, 0.717) is 0 Å². The summed E-state index contributed by atoms with van der Waals surface area (Å²) >= 11 is 0. The minimum atomic E-state index is 0.781. The second-order valence-electron chi connectivity index (χ2n) is 33.3. The largest absolute Gasteiger partial charge is 0.455 e. The molecule has 0 N–H and O–H groups in total. The Morgan fingerprint density at radius 1 is 0.202 bits per heavy atom. The smallest absolute Gasteiger partial charge is 0.159 e. The Morgan fingerprint density at radius 3 is 1.06 bits per heavy atom. The van der Waals surface area contributed by atoms with E-state index in [-0.39, 0.29) is 0 Å². The van der Waals surface area contributed by atoms with Crippen molar-refractivity contribution in [2.24, 2.45) is 0 Å². The number of aromatic nitrogens is 2. The SMILES string of the molecule is Cc1cccc(N(c2cc3c4cc(N(c5ccc(-c6ccc7c(c6)c6cccc8c9oc%10c(cc%11c%12c(cccc%10%12)c%10ccccc%10n%11-c%10cccc%11c%10oc%10ccccc%10%11)c9cc(c68)n7-c6cccc7c6oc6ccccc67)c(C)c5)c5cccc6c5oc5ccccc56)c5ccccc5c4oc3c3ccccc23)c2cccc3c2oc2ccccc23)c1. The van der Waals surface area contributed by atoms with Gasteiger partial charge in [-0.15, -0.1) is 0 Å². The lowest BCUT2D eigenvalue weighted by Crippen LogP contribution is -2.11. The fourth-order valence-electron chi connectivity index (χ4n) is 21.3.